The van der Waals surface area contributed by atoms with E-state index >= 15 is 0 Å². The SMILES string of the molecule is CC[C@@]1(C)C[C@](CCNCc2ccc(N(C)C)cc2)(c2ccc(OC)cc2)CCO1. The molecule has 1 heterocycles. The lowest BCUT2D eigenvalue weighted by molar-refractivity contribution is -0.0979. The van der Waals surface area contributed by atoms with Crippen molar-refractivity contribution in [1.82, 2.24) is 5.32 Å². The van der Waals surface area contributed by atoms with Gasteiger partial charge in [0.05, 0.1) is 12.7 Å². The molecule has 3 rings (SSSR count). The molecule has 1 fully saturated rings. The van der Waals surface area contributed by atoms with Crippen LogP contribution >= 0.6 is 0 Å². The third-order valence-electron chi connectivity index (χ3n) is 6.76. The zero-order valence-electron chi connectivity index (χ0n) is 19.3. The molecule has 164 valence electrons. The van der Waals surface area contributed by atoms with E-state index < -0.39 is 0 Å². The lowest BCUT2D eigenvalue weighted by atomic mass is 9.66. The molecule has 0 aliphatic carbocycles. The Morgan fingerprint density at radius 3 is 2.37 bits per heavy atom. The molecule has 0 unspecified atom stereocenters. The van der Waals surface area contributed by atoms with Gasteiger partial charge in [-0.25, -0.2) is 0 Å². The van der Waals surface area contributed by atoms with Crippen molar-refractivity contribution in [3.63, 3.8) is 0 Å². The van der Waals surface area contributed by atoms with Crippen LogP contribution in [0.15, 0.2) is 48.5 Å². The summed E-state index contributed by atoms with van der Waals surface area (Å²) < 4.78 is 11.6. The monoisotopic (exact) mass is 410 g/mol. The average Bonchev–Trinajstić information content (AvgIpc) is 2.77. The molecule has 0 saturated carbocycles. The molecular formula is C26H38N2O2. The highest BCUT2D eigenvalue weighted by Crippen LogP contribution is 2.45. The molecule has 0 radical (unpaired) electrons. The molecule has 0 spiro atoms. The summed E-state index contributed by atoms with van der Waals surface area (Å²) in [4.78, 5) is 2.13. The first-order chi connectivity index (χ1) is 14.4. The quantitative estimate of drug-likeness (QED) is 0.579. The summed E-state index contributed by atoms with van der Waals surface area (Å²) in [5.41, 5.74) is 4.04. The molecule has 0 amide bonds. The summed E-state index contributed by atoms with van der Waals surface area (Å²) in [6, 6.07) is 17.5. The van der Waals surface area contributed by atoms with Crippen LogP contribution in [0.4, 0.5) is 5.69 Å². The van der Waals surface area contributed by atoms with Gasteiger partial charge in [-0.05, 0) is 74.5 Å². The van der Waals surface area contributed by atoms with Crippen LogP contribution in [0.1, 0.15) is 50.7 Å². The van der Waals surface area contributed by atoms with Crippen molar-refractivity contribution in [3.8, 4) is 5.75 Å². The summed E-state index contributed by atoms with van der Waals surface area (Å²) in [5, 5.41) is 3.68. The highest BCUT2D eigenvalue weighted by atomic mass is 16.5. The molecule has 2 aromatic carbocycles. The maximum absolute atomic E-state index is 6.19. The van der Waals surface area contributed by atoms with Crippen molar-refractivity contribution in [1.29, 1.82) is 0 Å². The standard InChI is InChI=1S/C26H38N2O2/c1-6-25(2)20-26(16-18-30-25,22-9-13-24(29-5)14-10-22)15-17-27-19-21-7-11-23(12-8-21)28(3)4/h7-14,27H,6,15-20H2,1-5H3/t25-,26+/m0/s1. The van der Waals surface area contributed by atoms with Crippen molar-refractivity contribution in [2.45, 2.75) is 57.1 Å². The minimum Gasteiger partial charge on any atom is -0.497 e. The molecule has 4 nitrogen and oxygen atoms in total. The van der Waals surface area contributed by atoms with Crippen LogP contribution in [0.3, 0.4) is 0 Å². The third kappa shape index (κ3) is 5.35. The second-order valence-corrected chi connectivity index (χ2v) is 9.08. The Hall–Kier alpha value is -2.04. The minimum absolute atomic E-state index is 0.0554. The van der Waals surface area contributed by atoms with E-state index in [1.54, 1.807) is 7.11 Å². The minimum atomic E-state index is -0.0554. The van der Waals surface area contributed by atoms with Gasteiger partial charge in [0.1, 0.15) is 5.75 Å². The van der Waals surface area contributed by atoms with Crippen molar-refractivity contribution in [3.05, 3.63) is 59.7 Å². The van der Waals surface area contributed by atoms with Gasteiger partial charge in [0, 0.05) is 38.3 Å². The first kappa shape index (κ1) is 22.6. The zero-order valence-corrected chi connectivity index (χ0v) is 19.3. The Morgan fingerprint density at radius 2 is 1.77 bits per heavy atom. The maximum atomic E-state index is 6.19. The molecule has 0 bridgehead atoms. The van der Waals surface area contributed by atoms with Crippen LogP contribution in [0.25, 0.3) is 0 Å². The van der Waals surface area contributed by atoms with E-state index in [1.807, 2.05) is 0 Å². The Morgan fingerprint density at radius 1 is 1.07 bits per heavy atom. The predicted octanol–water partition coefficient (Wildman–Crippen LogP) is 5.16. The highest BCUT2D eigenvalue weighted by Gasteiger charge is 2.43. The van der Waals surface area contributed by atoms with Crippen LogP contribution in [-0.2, 0) is 16.7 Å². The van der Waals surface area contributed by atoms with Crippen LogP contribution in [0.2, 0.25) is 0 Å². The number of hydrogen-bond donors (Lipinski definition) is 1. The lowest BCUT2D eigenvalue weighted by Crippen LogP contribution is -2.46. The van der Waals surface area contributed by atoms with Gasteiger partial charge < -0.3 is 19.7 Å². The van der Waals surface area contributed by atoms with E-state index in [9.17, 15) is 0 Å². The molecule has 1 aliphatic heterocycles. The van der Waals surface area contributed by atoms with E-state index in [4.69, 9.17) is 9.47 Å². The summed E-state index contributed by atoms with van der Waals surface area (Å²) in [6.45, 7) is 7.21. The second kappa shape index (κ2) is 9.84. The number of methoxy groups -OCH3 is 1. The van der Waals surface area contributed by atoms with Crippen molar-refractivity contribution >= 4 is 5.69 Å². The van der Waals surface area contributed by atoms with Gasteiger partial charge in [0.15, 0.2) is 0 Å². The molecule has 30 heavy (non-hydrogen) atoms. The number of ether oxygens (including phenoxy) is 2. The van der Waals surface area contributed by atoms with Crippen molar-refractivity contribution < 1.29 is 9.47 Å². The highest BCUT2D eigenvalue weighted by molar-refractivity contribution is 5.46. The Labute approximate surface area is 182 Å². The largest absolute Gasteiger partial charge is 0.497 e. The van der Waals surface area contributed by atoms with Gasteiger partial charge in [-0.1, -0.05) is 31.2 Å². The number of benzene rings is 2. The summed E-state index contributed by atoms with van der Waals surface area (Å²) in [6.07, 6.45) is 4.26. The topological polar surface area (TPSA) is 33.7 Å². The predicted molar refractivity (Wildman–Crippen MR) is 126 cm³/mol. The number of nitrogens with one attached hydrogen (secondary N) is 1. The average molecular weight is 411 g/mol. The van der Waals surface area contributed by atoms with Crippen LogP contribution in [-0.4, -0.2) is 40.0 Å². The molecule has 0 aromatic heterocycles. The molecule has 1 saturated heterocycles. The summed E-state index contributed by atoms with van der Waals surface area (Å²) in [5.74, 6) is 0.915. The normalized spacial score (nSPS) is 23.9. The van der Waals surface area contributed by atoms with E-state index in [0.717, 1.165) is 51.1 Å². The van der Waals surface area contributed by atoms with Crippen LogP contribution in [0.5, 0.6) is 5.75 Å². The van der Waals surface area contributed by atoms with Gasteiger partial charge >= 0.3 is 0 Å². The molecule has 4 heteroatoms. The number of rotatable bonds is 9. The first-order valence-electron chi connectivity index (χ1n) is 11.2. The fraction of sp³-hybridized carbons (Fsp3) is 0.538. The second-order valence-electron chi connectivity index (χ2n) is 9.08. The van der Waals surface area contributed by atoms with Crippen molar-refractivity contribution in [2.75, 3.05) is 39.3 Å². The molecule has 2 atom stereocenters. The van der Waals surface area contributed by atoms with Crippen molar-refractivity contribution in [2.24, 2.45) is 0 Å². The fourth-order valence-electron chi connectivity index (χ4n) is 4.60. The van der Waals surface area contributed by atoms with E-state index in [0.29, 0.717) is 0 Å². The summed E-state index contributed by atoms with van der Waals surface area (Å²) in [7, 11) is 5.87. The molecular weight excluding hydrogens is 372 g/mol. The maximum Gasteiger partial charge on any atom is 0.118 e. The smallest absolute Gasteiger partial charge is 0.118 e. The van der Waals surface area contributed by atoms with Crippen LogP contribution < -0.4 is 15.0 Å². The Balaban J connectivity index is 1.68. The molecule has 1 aliphatic rings. The summed E-state index contributed by atoms with van der Waals surface area (Å²) >= 11 is 0. The van der Waals surface area contributed by atoms with Gasteiger partial charge in [-0.15, -0.1) is 0 Å². The lowest BCUT2D eigenvalue weighted by Gasteiger charge is -2.47. The van der Waals surface area contributed by atoms with Gasteiger partial charge in [-0.2, -0.15) is 0 Å². The third-order valence-corrected chi connectivity index (χ3v) is 6.76. The first-order valence-corrected chi connectivity index (χ1v) is 11.2. The zero-order chi connectivity index (χ0) is 21.6. The van der Waals surface area contributed by atoms with Gasteiger partial charge in [0.2, 0.25) is 0 Å². The number of anilines is 1. The van der Waals surface area contributed by atoms with Crippen LogP contribution in [0, 0.1) is 0 Å². The van der Waals surface area contributed by atoms with E-state index in [1.165, 1.54) is 16.8 Å². The Bertz CT molecular complexity index is 788. The Kier molecular flexibility index (Phi) is 7.43. The van der Waals surface area contributed by atoms with E-state index in [-0.39, 0.29) is 11.0 Å². The molecule has 1 N–H and O–H groups in total. The molecule has 2 aromatic rings. The fourth-order valence-corrected chi connectivity index (χ4v) is 4.60. The van der Waals surface area contributed by atoms with E-state index in [2.05, 4.69) is 86.7 Å². The number of hydrogen-bond acceptors (Lipinski definition) is 4. The number of nitrogens with zero attached hydrogens (tertiary/aromatic N) is 1. The van der Waals surface area contributed by atoms with Gasteiger partial charge in [-0.3, -0.25) is 0 Å². The van der Waals surface area contributed by atoms with Gasteiger partial charge in [0.25, 0.3) is 0 Å².